The quantitative estimate of drug-likeness (QED) is 0.658. The largest absolute Gasteiger partial charge is 0.374 e. The molecule has 2 atom stereocenters. The lowest BCUT2D eigenvalue weighted by Gasteiger charge is -2.12. The summed E-state index contributed by atoms with van der Waals surface area (Å²) in [5.41, 5.74) is 11.1. The fourth-order valence-electron chi connectivity index (χ4n) is 2.18. The number of nitrogens with zero attached hydrogens (tertiary/aromatic N) is 4. The Morgan fingerprint density at radius 2 is 1.32 bits per heavy atom. The topological polar surface area (TPSA) is 128 Å². The molecule has 2 aromatic heterocycles. The standard InChI is InChI=1S/C9H14N8S2/c10-6-14-16-8(18-6)12-4-1-2-5(3-4)13-9-17-15-7(11)19-9/h4-5H,1-3H2,(H2,10,14)(H2,11,15)(H,12,16)(H,13,17)/t4-,5-/m1/s1. The van der Waals surface area contributed by atoms with Gasteiger partial charge in [0, 0.05) is 12.1 Å². The first-order valence-corrected chi connectivity index (χ1v) is 7.53. The van der Waals surface area contributed by atoms with Gasteiger partial charge < -0.3 is 22.1 Å². The van der Waals surface area contributed by atoms with Crippen molar-refractivity contribution in [3.05, 3.63) is 0 Å². The van der Waals surface area contributed by atoms with Gasteiger partial charge in [-0.15, -0.1) is 20.4 Å². The number of nitrogens with two attached hydrogens (primary N) is 2. The molecule has 0 radical (unpaired) electrons. The summed E-state index contributed by atoms with van der Waals surface area (Å²) < 4.78 is 0. The summed E-state index contributed by atoms with van der Waals surface area (Å²) in [7, 11) is 0. The summed E-state index contributed by atoms with van der Waals surface area (Å²) >= 11 is 2.74. The maximum absolute atomic E-state index is 5.55. The van der Waals surface area contributed by atoms with Crippen LogP contribution in [-0.2, 0) is 0 Å². The van der Waals surface area contributed by atoms with Crippen LogP contribution < -0.4 is 22.1 Å². The number of nitrogen functional groups attached to an aromatic ring is 2. The van der Waals surface area contributed by atoms with Crippen molar-refractivity contribution in [3.63, 3.8) is 0 Å². The maximum atomic E-state index is 5.55. The SMILES string of the molecule is Nc1nnc(N[C@@H]2CC[C@@H](Nc3nnc(N)s3)C2)s1. The first-order valence-electron chi connectivity index (χ1n) is 5.90. The molecule has 10 heteroatoms. The third-order valence-corrected chi connectivity index (χ3v) is 4.34. The minimum absolute atomic E-state index is 0.384. The van der Waals surface area contributed by atoms with Gasteiger partial charge in [-0.3, -0.25) is 0 Å². The highest BCUT2D eigenvalue weighted by atomic mass is 32.1. The summed E-state index contributed by atoms with van der Waals surface area (Å²) in [5.74, 6) is 0. The van der Waals surface area contributed by atoms with Gasteiger partial charge >= 0.3 is 0 Å². The molecule has 0 bridgehead atoms. The van der Waals surface area contributed by atoms with Gasteiger partial charge in [-0.1, -0.05) is 22.7 Å². The van der Waals surface area contributed by atoms with Crippen LogP contribution in [-0.4, -0.2) is 32.5 Å². The van der Waals surface area contributed by atoms with Crippen molar-refractivity contribution in [1.82, 2.24) is 20.4 Å². The Balaban J connectivity index is 1.52. The van der Waals surface area contributed by atoms with Crippen LogP contribution in [0.2, 0.25) is 0 Å². The summed E-state index contributed by atoms with van der Waals surface area (Å²) in [6.07, 6.45) is 3.15. The summed E-state index contributed by atoms with van der Waals surface area (Å²) in [6.45, 7) is 0. The van der Waals surface area contributed by atoms with E-state index in [1.807, 2.05) is 0 Å². The Labute approximate surface area is 117 Å². The van der Waals surface area contributed by atoms with E-state index >= 15 is 0 Å². The lowest BCUT2D eigenvalue weighted by Crippen LogP contribution is -2.20. The van der Waals surface area contributed by atoms with Crippen molar-refractivity contribution in [2.24, 2.45) is 0 Å². The number of nitrogens with one attached hydrogen (secondary N) is 2. The Bertz CT molecular complexity index is 504. The predicted molar refractivity (Wildman–Crippen MR) is 77.3 cm³/mol. The molecule has 8 nitrogen and oxygen atoms in total. The number of hydrogen-bond acceptors (Lipinski definition) is 10. The highest BCUT2D eigenvalue weighted by Crippen LogP contribution is 2.28. The Hall–Kier alpha value is -1.68. The van der Waals surface area contributed by atoms with Crippen LogP contribution in [0, 0.1) is 0 Å². The molecule has 0 unspecified atom stereocenters. The maximum Gasteiger partial charge on any atom is 0.207 e. The molecular weight excluding hydrogens is 284 g/mol. The molecule has 102 valence electrons. The third kappa shape index (κ3) is 3.01. The second-order valence-corrected chi connectivity index (χ2v) is 6.40. The molecule has 1 saturated carbocycles. The van der Waals surface area contributed by atoms with Gasteiger partial charge in [0.2, 0.25) is 20.5 Å². The molecule has 0 aromatic carbocycles. The number of anilines is 4. The number of rotatable bonds is 4. The molecule has 19 heavy (non-hydrogen) atoms. The molecule has 3 rings (SSSR count). The minimum Gasteiger partial charge on any atom is -0.374 e. The van der Waals surface area contributed by atoms with Gasteiger partial charge in [-0.2, -0.15) is 0 Å². The molecule has 0 amide bonds. The van der Waals surface area contributed by atoms with Gasteiger partial charge in [0.25, 0.3) is 0 Å². The van der Waals surface area contributed by atoms with Crippen LogP contribution in [0.15, 0.2) is 0 Å². The van der Waals surface area contributed by atoms with Crippen LogP contribution in [0.1, 0.15) is 19.3 Å². The highest BCUT2D eigenvalue weighted by molar-refractivity contribution is 7.19. The van der Waals surface area contributed by atoms with E-state index in [-0.39, 0.29) is 0 Å². The zero-order chi connectivity index (χ0) is 13.2. The van der Waals surface area contributed by atoms with Gasteiger partial charge in [0.15, 0.2) is 0 Å². The monoisotopic (exact) mass is 298 g/mol. The predicted octanol–water partition coefficient (Wildman–Crippen LogP) is 0.999. The zero-order valence-electron chi connectivity index (χ0n) is 10.0. The van der Waals surface area contributed by atoms with E-state index in [9.17, 15) is 0 Å². The summed E-state index contributed by atoms with van der Waals surface area (Å²) in [6, 6.07) is 0.769. The van der Waals surface area contributed by atoms with Gasteiger partial charge in [-0.25, -0.2) is 0 Å². The van der Waals surface area contributed by atoms with Crippen molar-refractivity contribution >= 4 is 43.2 Å². The molecule has 6 N–H and O–H groups in total. The van der Waals surface area contributed by atoms with Gasteiger partial charge in [0.1, 0.15) is 0 Å². The van der Waals surface area contributed by atoms with Crippen LogP contribution >= 0.6 is 22.7 Å². The van der Waals surface area contributed by atoms with Crippen molar-refractivity contribution in [3.8, 4) is 0 Å². The number of aromatic nitrogens is 4. The molecule has 1 aliphatic carbocycles. The first-order chi connectivity index (χ1) is 9.19. The lowest BCUT2D eigenvalue weighted by atomic mass is 10.2. The lowest BCUT2D eigenvalue weighted by molar-refractivity contribution is 0.721. The zero-order valence-corrected chi connectivity index (χ0v) is 11.7. The summed E-state index contributed by atoms with van der Waals surface area (Å²) in [4.78, 5) is 0. The highest BCUT2D eigenvalue weighted by Gasteiger charge is 2.26. The minimum atomic E-state index is 0.384. The first kappa shape index (κ1) is 12.4. The third-order valence-electron chi connectivity index (χ3n) is 2.97. The van der Waals surface area contributed by atoms with E-state index in [1.54, 1.807) is 0 Å². The molecule has 0 aliphatic heterocycles. The van der Waals surface area contributed by atoms with Crippen molar-refractivity contribution in [2.45, 2.75) is 31.3 Å². The Morgan fingerprint density at radius 1 is 0.842 bits per heavy atom. The van der Waals surface area contributed by atoms with E-state index in [2.05, 4.69) is 31.0 Å². The van der Waals surface area contributed by atoms with Crippen molar-refractivity contribution in [1.29, 1.82) is 0 Å². The van der Waals surface area contributed by atoms with E-state index in [0.717, 1.165) is 29.5 Å². The molecule has 0 saturated heterocycles. The number of hydrogen-bond donors (Lipinski definition) is 4. The molecule has 2 aromatic rings. The smallest absolute Gasteiger partial charge is 0.207 e. The van der Waals surface area contributed by atoms with Crippen molar-refractivity contribution in [2.75, 3.05) is 22.1 Å². The Morgan fingerprint density at radius 3 is 1.68 bits per heavy atom. The molecule has 2 heterocycles. The van der Waals surface area contributed by atoms with Crippen LogP contribution in [0.5, 0.6) is 0 Å². The van der Waals surface area contributed by atoms with Gasteiger partial charge in [0.05, 0.1) is 0 Å². The molecule has 0 spiro atoms. The fourth-order valence-corrected chi connectivity index (χ4v) is 3.35. The fraction of sp³-hybridized carbons (Fsp3) is 0.556. The summed E-state index contributed by atoms with van der Waals surface area (Å²) in [5, 5.41) is 24.7. The van der Waals surface area contributed by atoms with Crippen molar-refractivity contribution < 1.29 is 0 Å². The Kier molecular flexibility index (Phi) is 3.34. The second-order valence-electron chi connectivity index (χ2n) is 4.39. The van der Waals surface area contributed by atoms with Crippen LogP contribution in [0.4, 0.5) is 20.5 Å². The van der Waals surface area contributed by atoms with E-state index in [4.69, 9.17) is 11.5 Å². The van der Waals surface area contributed by atoms with E-state index in [1.165, 1.54) is 22.7 Å². The average Bonchev–Trinajstić information content (AvgIpc) is 3.05. The normalized spacial score (nSPS) is 22.5. The van der Waals surface area contributed by atoms with Crippen LogP contribution in [0.25, 0.3) is 0 Å². The van der Waals surface area contributed by atoms with E-state index in [0.29, 0.717) is 22.3 Å². The van der Waals surface area contributed by atoms with Crippen LogP contribution in [0.3, 0.4) is 0 Å². The van der Waals surface area contributed by atoms with E-state index < -0.39 is 0 Å². The second kappa shape index (κ2) is 5.13. The molecule has 1 aliphatic rings. The molecular formula is C9H14N8S2. The average molecular weight is 298 g/mol. The van der Waals surface area contributed by atoms with Gasteiger partial charge in [-0.05, 0) is 19.3 Å². The molecule has 1 fully saturated rings.